The molecule has 0 unspecified atom stereocenters. The van der Waals surface area contributed by atoms with Gasteiger partial charge in [0.15, 0.2) is 11.6 Å². The molecule has 2 nitrogen and oxygen atoms in total. The number of hydrogen-bond donors (Lipinski definition) is 1. The van der Waals surface area contributed by atoms with Crippen LogP contribution in [0.1, 0.15) is 31.8 Å². The molecule has 0 bridgehead atoms. The van der Waals surface area contributed by atoms with Crippen molar-refractivity contribution in [2.24, 2.45) is 0 Å². The highest BCUT2D eigenvalue weighted by Gasteiger charge is 2.33. The van der Waals surface area contributed by atoms with Crippen molar-refractivity contribution in [1.82, 2.24) is 0 Å². The predicted molar refractivity (Wildman–Crippen MR) is 92.4 cm³/mol. The summed E-state index contributed by atoms with van der Waals surface area (Å²) in [4.78, 5) is 26.4. The molecule has 0 aliphatic heterocycles. The monoisotopic (exact) mass is 316 g/mol. The highest BCUT2D eigenvalue weighted by Crippen LogP contribution is 2.37. The van der Waals surface area contributed by atoms with Gasteiger partial charge in [0, 0.05) is 27.1 Å². The lowest BCUT2D eigenvalue weighted by molar-refractivity contribution is 0.0977. The molecule has 1 aliphatic carbocycles. The van der Waals surface area contributed by atoms with Crippen LogP contribution < -0.4 is 0 Å². The topological polar surface area (TPSA) is 34.1 Å². The lowest BCUT2D eigenvalue weighted by Gasteiger charge is -2.21. The molecule has 0 radical (unpaired) electrons. The van der Waals surface area contributed by atoms with Crippen molar-refractivity contribution in [3.8, 4) is 11.1 Å². The Morgan fingerprint density at radius 3 is 1.78 bits per heavy atom. The maximum Gasteiger partial charge on any atom is 0.195 e. The van der Waals surface area contributed by atoms with Gasteiger partial charge >= 0.3 is 0 Å². The molecule has 1 aliphatic rings. The number of rotatable bonds is 1. The van der Waals surface area contributed by atoms with Gasteiger partial charge in [-0.15, -0.1) is 12.6 Å². The van der Waals surface area contributed by atoms with Gasteiger partial charge < -0.3 is 0 Å². The fourth-order valence-electron chi connectivity index (χ4n) is 3.06. The Morgan fingerprint density at radius 2 is 1.13 bits per heavy atom. The molecule has 0 aromatic heterocycles. The van der Waals surface area contributed by atoms with Crippen LogP contribution in [0, 0.1) is 0 Å². The Morgan fingerprint density at radius 1 is 0.565 bits per heavy atom. The summed E-state index contributed by atoms with van der Waals surface area (Å²) in [6, 6.07) is 20.2. The second-order valence-electron chi connectivity index (χ2n) is 5.45. The van der Waals surface area contributed by atoms with E-state index in [9.17, 15) is 9.59 Å². The summed E-state index contributed by atoms with van der Waals surface area (Å²) in [5.41, 5.74) is 3.45. The van der Waals surface area contributed by atoms with E-state index in [0.717, 1.165) is 11.1 Å². The van der Waals surface area contributed by atoms with Gasteiger partial charge in [0.1, 0.15) is 0 Å². The molecule has 3 aromatic carbocycles. The van der Waals surface area contributed by atoms with Crippen molar-refractivity contribution in [3.05, 3.63) is 89.0 Å². The normalized spacial score (nSPS) is 12.7. The first-order chi connectivity index (χ1) is 11.2. The Balaban J connectivity index is 2.06. The lowest BCUT2D eigenvalue weighted by atomic mass is 9.80. The number of carbonyl (C=O) groups is 2. The molecule has 0 spiro atoms. The van der Waals surface area contributed by atoms with Crippen LogP contribution in [0.2, 0.25) is 0 Å². The van der Waals surface area contributed by atoms with Crippen LogP contribution in [-0.2, 0) is 0 Å². The molecule has 3 aromatic rings. The van der Waals surface area contributed by atoms with Crippen molar-refractivity contribution >= 4 is 24.2 Å². The first-order valence-electron chi connectivity index (χ1n) is 7.28. The smallest absolute Gasteiger partial charge is 0.195 e. The molecule has 110 valence electrons. The van der Waals surface area contributed by atoms with Gasteiger partial charge in [-0.05, 0) is 17.2 Å². The van der Waals surface area contributed by atoms with E-state index < -0.39 is 0 Å². The largest absolute Gasteiger partial charge is 0.289 e. The molecule has 0 heterocycles. The number of hydrogen-bond acceptors (Lipinski definition) is 3. The average molecular weight is 316 g/mol. The maximum atomic E-state index is 13.0. The van der Waals surface area contributed by atoms with Crippen molar-refractivity contribution in [1.29, 1.82) is 0 Å². The van der Waals surface area contributed by atoms with Gasteiger partial charge in [-0.2, -0.15) is 0 Å². The van der Waals surface area contributed by atoms with E-state index >= 15 is 0 Å². The zero-order valence-electron chi connectivity index (χ0n) is 12.1. The van der Waals surface area contributed by atoms with Gasteiger partial charge in [0.05, 0.1) is 0 Å². The average Bonchev–Trinajstić information content (AvgIpc) is 2.60. The molecule has 0 N–H and O–H groups in total. The fourth-order valence-corrected chi connectivity index (χ4v) is 3.35. The highest BCUT2D eigenvalue weighted by atomic mass is 32.1. The van der Waals surface area contributed by atoms with Crippen molar-refractivity contribution in [2.45, 2.75) is 4.90 Å². The molecule has 0 amide bonds. The van der Waals surface area contributed by atoms with E-state index in [4.69, 9.17) is 0 Å². The lowest BCUT2D eigenvalue weighted by Crippen LogP contribution is -2.22. The summed E-state index contributed by atoms with van der Waals surface area (Å²) in [5, 5.41) is 0. The zero-order chi connectivity index (χ0) is 16.0. The van der Waals surface area contributed by atoms with Crippen LogP contribution >= 0.6 is 12.6 Å². The summed E-state index contributed by atoms with van der Waals surface area (Å²) in [6.07, 6.45) is 0. The minimum Gasteiger partial charge on any atom is -0.289 e. The number of benzene rings is 3. The number of thiol groups is 1. The van der Waals surface area contributed by atoms with Crippen molar-refractivity contribution in [2.75, 3.05) is 0 Å². The minimum atomic E-state index is -0.141. The standard InChI is InChI=1S/C20H12O2S/c21-19-14-8-4-5-9-15(14)20(22)18-16(23)11-10-13(17(18)19)12-6-2-1-3-7-12/h1-11,23H. The third kappa shape index (κ3) is 2.05. The van der Waals surface area contributed by atoms with E-state index in [1.165, 1.54) is 0 Å². The zero-order valence-corrected chi connectivity index (χ0v) is 13.0. The van der Waals surface area contributed by atoms with E-state index in [0.29, 0.717) is 27.1 Å². The summed E-state index contributed by atoms with van der Waals surface area (Å²) in [7, 11) is 0. The van der Waals surface area contributed by atoms with Crippen LogP contribution in [0.4, 0.5) is 0 Å². The SMILES string of the molecule is O=C1c2ccccc2C(=O)c2c(-c3ccccc3)ccc(S)c21. The van der Waals surface area contributed by atoms with E-state index in [1.54, 1.807) is 30.3 Å². The van der Waals surface area contributed by atoms with Crippen LogP contribution in [-0.4, -0.2) is 11.6 Å². The summed E-state index contributed by atoms with van der Waals surface area (Å²) in [6.45, 7) is 0. The first-order valence-corrected chi connectivity index (χ1v) is 7.73. The van der Waals surface area contributed by atoms with Crippen LogP contribution in [0.15, 0.2) is 71.6 Å². The van der Waals surface area contributed by atoms with E-state index in [-0.39, 0.29) is 11.6 Å². The maximum absolute atomic E-state index is 13.0. The molecule has 0 saturated carbocycles. The third-order valence-electron chi connectivity index (χ3n) is 4.14. The quantitative estimate of drug-likeness (QED) is 0.528. The van der Waals surface area contributed by atoms with Crippen LogP contribution in [0.5, 0.6) is 0 Å². The van der Waals surface area contributed by atoms with E-state index in [1.807, 2.05) is 36.4 Å². The van der Waals surface area contributed by atoms with Gasteiger partial charge in [0.25, 0.3) is 0 Å². The van der Waals surface area contributed by atoms with Crippen molar-refractivity contribution < 1.29 is 9.59 Å². The molecular formula is C20H12O2S. The fraction of sp³-hybridized carbons (Fsp3) is 0. The second kappa shape index (κ2) is 5.21. The third-order valence-corrected chi connectivity index (χ3v) is 4.51. The number of ketones is 2. The number of carbonyl (C=O) groups excluding carboxylic acids is 2. The van der Waals surface area contributed by atoms with E-state index in [2.05, 4.69) is 12.6 Å². The molecular weight excluding hydrogens is 304 g/mol. The molecule has 0 saturated heterocycles. The molecule has 23 heavy (non-hydrogen) atoms. The highest BCUT2D eigenvalue weighted by molar-refractivity contribution is 7.80. The first kappa shape index (κ1) is 14.0. The Kier molecular flexibility index (Phi) is 3.17. The predicted octanol–water partition coefficient (Wildman–Crippen LogP) is 4.42. The Labute approximate surface area is 139 Å². The van der Waals surface area contributed by atoms with Crippen LogP contribution in [0.3, 0.4) is 0 Å². The molecule has 3 heteroatoms. The molecule has 4 rings (SSSR count). The summed E-state index contributed by atoms with van der Waals surface area (Å²) in [5.74, 6) is -0.261. The van der Waals surface area contributed by atoms with Gasteiger partial charge in [-0.25, -0.2) is 0 Å². The van der Waals surface area contributed by atoms with Gasteiger partial charge in [-0.3, -0.25) is 9.59 Å². The Hall–Kier alpha value is -2.65. The van der Waals surface area contributed by atoms with Gasteiger partial charge in [-0.1, -0.05) is 60.7 Å². The number of fused-ring (bicyclic) bond motifs is 2. The van der Waals surface area contributed by atoms with Crippen LogP contribution in [0.25, 0.3) is 11.1 Å². The minimum absolute atomic E-state index is 0.120. The molecule has 0 fully saturated rings. The molecule has 0 atom stereocenters. The van der Waals surface area contributed by atoms with Crippen molar-refractivity contribution in [3.63, 3.8) is 0 Å². The second-order valence-corrected chi connectivity index (χ2v) is 5.93. The summed E-state index contributed by atoms with van der Waals surface area (Å²) >= 11 is 4.41. The summed E-state index contributed by atoms with van der Waals surface area (Å²) < 4.78 is 0. The van der Waals surface area contributed by atoms with Gasteiger partial charge in [0.2, 0.25) is 0 Å². The Bertz CT molecular complexity index is 959.